The first kappa shape index (κ1) is 22.6. The van der Waals surface area contributed by atoms with Crippen LogP contribution >= 0.6 is 11.3 Å². The van der Waals surface area contributed by atoms with Crippen LogP contribution in [0, 0.1) is 5.92 Å². The highest BCUT2D eigenvalue weighted by molar-refractivity contribution is 7.13. The maximum atomic E-state index is 12.8. The van der Waals surface area contributed by atoms with Gasteiger partial charge in [-0.3, -0.25) is 9.36 Å². The number of nitrogens with zero attached hydrogens (tertiary/aromatic N) is 3. The van der Waals surface area contributed by atoms with E-state index in [4.69, 9.17) is 0 Å². The maximum absolute atomic E-state index is 12.8. The Hall–Kier alpha value is -3.08. The lowest BCUT2D eigenvalue weighted by atomic mass is 10.2. The minimum absolute atomic E-state index is 0.0207. The molecule has 0 fully saturated rings. The van der Waals surface area contributed by atoms with Crippen LogP contribution in [0.1, 0.15) is 19.4 Å². The van der Waals surface area contributed by atoms with Crippen molar-refractivity contribution in [1.82, 2.24) is 19.7 Å². The van der Waals surface area contributed by atoms with Crippen LogP contribution in [0.2, 0.25) is 0 Å². The SMILES string of the molecule is CC(C)Cn1c(-c2cccs2)nn(CC(=O)NCc2cccc(OC(F)(F)F)c2)c1=O. The highest BCUT2D eigenvalue weighted by Crippen LogP contribution is 2.24. The van der Waals surface area contributed by atoms with E-state index in [0.717, 1.165) is 9.56 Å². The first-order chi connectivity index (χ1) is 14.6. The third kappa shape index (κ3) is 6.20. The summed E-state index contributed by atoms with van der Waals surface area (Å²) in [6, 6.07) is 9.02. The van der Waals surface area contributed by atoms with E-state index < -0.39 is 18.0 Å². The Morgan fingerprint density at radius 2 is 2.03 bits per heavy atom. The second kappa shape index (κ2) is 9.38. The molecule has 1 N–H and O–H groups in total. The van der Waals surface area contributed by atoms with Crippen molar-refractivity contribution < 1.29 is 22.7 Å². The molecule has 3 rings (SSSR count). The first-order valence-corrected chi connectivity index (χ1v) is 10.3. The molecule has 2 heterocycles. The van der Waals surface area contributed by atoms with Gasteiger partial charge in [0.25, 0.3) is 0 Å². The summed E-state index contributed by atoms with van der Waals surface area (Å²) in [5.74, 6) is -0.160. The molecule has 0 saturated heterocycles. The van der Waals surface area contributed by atoms with Gasteiger partial charge in [0.1, 0.15) is 12.3 Å². The molecule has 0 atom stereocenters. The number of amides is 1. The van der Waals surface area contributed by atoms with Crippen LogP contribution in [-0.2, 0) is 24.4 Å². The number of halogens is 3. The van der Waals surface area contributed by atoms with Crippen molar-refractivity contribution >= 4 is 17.2 Å². The molecule has 7 nitrogen and oxygen atoms in total. The highest BCUT2D eigenvalue weighted by Gasteiger charge is 2.31. The molecule has 0 radical (unpaired) electrons. The lowest BCUT2D eigenvalue weighted by molar-refractivity contribution is -0.274. The van der Waals surface area contributed by atoms with Crippen LogP contribution in [-0.4, -0.2) is 26.6 Å². The molecule has 1 amide bonds. The molecular formula is C20H21F3N4O3S. The molecule has 1 aromatic carbocycles. The topological polar surface area (TPSA) is 78.2 Å². The van der Waals surface area contributed by atoms with Crippen molar-refractivity contribution in [2.75, 3.05) is 0 Å². The van der Waals surface area contributed by atoms with Crippen LogP contribution in [0.4, 0.5) is 13.2 Å². The maximum Gasteiger partial charge on any atom is 0.573 e. The molecule has 3 aromatic rings. The number of alkyl halides is 3. The lowest BCUT2D eigenvalue weighted by Crippen LogP contribution is -2.34. The Morgan fingerprint density at radius 1 is 1.26 bits per heavy atom. The summed E-state index contributed by atoms with van der Waals surface area (Å²) in [6.45, 7) is 4.09. The lowest BCUT2D eigenvalue weighted by Gasteiger charge is -2.10. The molecule has 11 heteroatoms. The van der Waals surface area contributed by atoms with Crippen molar-refractivity contribution in [2.24, 2.45) is 5.92 Å². The number of carbonyl (C=O) groups excluding carboxylic acids is 1. The quantitative estimate of drug-likeness (QED) is 0.564. The fourth-order valence-electron chi connectivity index (χ4n) is 2.91. The summed E-state index contributed by atoms with van der Waals surface area (Å²) in [6.07, 6.45) is -4.79. The van der Waals surface area contributed by atoms with E-state index in [-0.39, 0.29) is 24.8 Å². The fraction of sp³-hybridized carbons (Fsp3) is 0.350. The molecule has 0 unspecified atom stereocenters. The number of aromatic nitrogens is 3. The minimum atomic E-state index is -4.79. The van der Waals surface area contributed by atoms with Gasteiger partial charge < -0.3 is 10.1 Å². The molecule has 0 spiro atoms. The monoisotopic (exact) mass is 454 g/mol. The van der Waals surface area contributed by atoms with Gasteiger partial charge in [-0.2, -0.15) is 0 Å². The van der Waals surface area contributed by atoms with E-state index in [1.54, 1.807) is 10.6 Å². The van der Waals surface area contributed by atoms with Crippen molar-refractivity contribution in [1.29, 1.82) is 0 Å². The normalized spacial score (nSPS) is 11.7. The van der Waals surface area contributed by atoms with Gasteiger partial charge in [0, 0.05) is 13.1 Å². The predicted octanol–water partition coefficient (Wildman–Crippen LogP) is 3.64. The largest absolute Gasteiger partial charge is 0.573 e. The van der Waals surface area contributed by atoms with Crippen molar-refractivity contribution in [3.8, 4) is 16.5 Å². The number of benzene rings is 1. The van der Waals surface area contributed by atoms with Gasteiger partial charge in [0.05, 0.1) is 4.88 Å². The number of carbonyl (C=O) groups is 1. The Kier molecular flexibility index (Phi) is 6.84. The molecule has 0 aliphatic heterocycles. The van der Waals surface area contributed by atoms with Crippen molar-refractivity contribution in [3.05, 3.63) is 57.8 Å². The number of ether oxygens (including phenoxy) is 1. The molecule has 0 aliphatic carbocycles. The van der Waals surface area contributed by atoms with Crippen LogP contribution in [0.15, 0.2) is 46.6 Å². The van der Waals surface area contributed by atoms with Gasteiger partial charge in [-0.15, -0.1) is 29.6 Å². The van der Waals surface area contributed by atoms with Crippen LogP contribution in [0.3, 0.4) is 0 Å². The summed E-state index contributed by atoms with van der Waals surface area (Å²) in [5, 5.41) is 8.79. The molecule has 166 valence electrons. The van der Waals surface area contributed by atoms with Gasteiger partial charge in [-0.1, -0.05) is 32.0 Å². The van der Waals surface area contributed by atoms with E-state index in [9.17, 15) is 22.8 Å². The van der Waals surface area contributed by atoms with E-state index in [0.29, 0.717) is 17.9 Å². The molecule has 2 aromatic heterocycles. The van der Waals surface area contributed by atoms with Gasteiger partial charge >= 0.3 is 12.1 Å². The molecule has 0 bridgehead atoms. The smallest absolute Gasteiger partial charge is 0.406 e. The molecule has 0 saturated carbocycles. The van der Waals surface area contributed by atoms with Gasteiger partial charge in [0.2, 0.25) is 5.91 Å². The average molecular weight is 454 g/mol. The number of thiophene rings is 1. The second-order valence-electron chi connectivity index (χ2n) is 7.22. The van der Waals surface area contributed by atoms with Gasteiger partial charge in [-0.25, -0.2) is 9.48 Å². The zero-order valence-electron chi connectivity index (χ0n) is 16.8. The highest BCUT2D eigenvalue weighted by atomic mass is 32.1. The van der Waals surface area contributed by atoms with E-state index >= 15 is 0 Å². The number of hydrogen-bond donors (Lipinski definition) is 1. The number of nitrogens with one attached hydrogen (secondary N) is 1. The molecule has 0 aliphatic rings. The minimum Gasteiger partial charge on any atom is -0.406 e. The standard InChI is InChI=1S/C20H21F3N4O3S/c1-13(2)11-26-18(16-7-4-8-31-16)25-27(19(26)29)12-17(28)24-10-14-5-3-6-15(9-14)30-20(21,22)23/h3-9,13H,10-12H2,1-2H3,(H,24,28). The second-order valence-corrected chi connectivity index (χ2v) is 8.17. The third-order valence-corrected chi connectivity index (χ3v) is 4.99. The summed E-state index contributed by atoms with van der Waals surface area (Å²) in [5.41, 5.74) is 0.0277. The summed E-state index contributed by atoms with van der Waals surface area (Å²) >= 11 is 1.44. The molecule has 31 heavy (non-hydrogen) atoms. The predicted molar refractivity (Wildman–Crippen MR) is 110 cm³/mol. The summed E-state index contributed by atoms with van der Waals surface area (Å²) in [7, 11) is 0. The van der Waals surface area contributed by atoms with Crippen LogP contribution < -0.4 is 15.7 Å². The molecular weight excluding hydrogens is 433 g/mol. The van der Waals surface area contributed by atoms with Crippen LogP contribution in [0.5, 0.6) is 5.75 Å². The van der Waals surface area contributed by atoms with E-state index in [1.165, 1.54) is 29.5 Å². The zero-order chi connectivity index (χ0) is 22.6. The van der Waals surface area contributed by atoms with E-state index in [1.807, 2.05) is 31.4 Å². The van der Waals surface area contributed by atoms with Gasteiger partial charge in [-0.05, 0) is 35.1 Å². The first-order valence-electron chi connectivity index (χ1n) is 9.45. The fourth-order valence-corrected chi connectivity index (χ4v) is 3.62. The summed E-state index contributed by atoms with van der Waals surface area (Å²) < 4.78 is 43.6. The average Bonchev–Trinajstić information content (AvgIpc) is 3.29. The van der Waals surface area contributed by atoms with E-state index in [2.05, 4.69) is 15.2 Å². The zero-order valence-corrected chi connectivity index (χ0v) is 17.7. The number of rotatable bonds is 8. The third-order valence-electron chi connectivity index (χ3n) is 4.13. The Labute approximate surface area is 180 Å². The van der Waals surface area contributed by atoms with Crippen molar-refractivity contribution in [2.45, 2.75) is 39.8 Å². The van der Waals surface area contributed by atoms with Crippen LogP contribution in [0.25, 0.3) is 10.7 Å². The number of hydrogen-bond acceptors (Lipinski definition) is 5. The Balaban J connectivity index is 1.70. The Bertz CT molecular complexity index is 1090. The summed E-state index contributed by atoms with van der Waals surface area (Å²) in [4.78, 5) is 25.9. The van der Waals surface area contributed by atoms with Crippen molar-refractivity contribution in [3.63, 3.8) is 0 Å². The Morgan fingerprint density at radius 3 is 2.68 bits per heavy atom. The van der Waals surface area contributed by atoms with Gasteiger partial charge in [0.15, 0.2) is 5.82 Å².